The number of nitrogens with zero attached hydrogens (tertiary/aromatic N) is 1. The highest BCUT2D eigenvalue weighted by Crippen LogP contribution is 2.70. The summed E-state index contributed by atoms with van der Waals surface area (Å²) >= 11 is 0. The van der Waals surface area contributed by atoms with E-state index in [1.807, 2.05) is 0 Å². The van der Waals surface area contributed by atoms with E-state index in [1.54, 1.807) is 5.06 Å². The van der Waals surface area contributed by atoms with Crippen LogP contribution in [0.25, 0.3) is 0 Å². The first-order valence-electron chi connectivity index (χ1n) is 15.8. The number of nitrogens with two attached hydrogens (primary N) is 1. The molecule has 0 spiro atoms. The second-order valence-electron chi connectivity index (χ2n) is 14.4. The van der Waals surface area contributed by atoms with Gasteiger partial charge in [0.2, 0.25) is 6.41 Å². The van der Waals surface area contributed by atoms with Gasteiger partial charge in [0.15, 0.2) is 0 Å². The molecular formula is C32H58N2O2. The first kappa shape index (κ1) is 28.4. The lowest BCUT2D eigenvalue weighted by Crippen LogP contribution is -2.63. The third-order valence-electron chi connectivity index (χ3n) is 12.1. The van der Waals surface area contributed by atoms with Crippen LogP contribution in [-0.2, 0) is 9.63 Å². The minimum absolute atomic E-state index is 0.161. The molecule has 4 aliphatic carbocycles. The van der Waals surface area contributed by atoms with Crippen LogP contribution in [0, 0.1) is 46.3 Å². The summed E-state index contributed by atoms with van der Waals surface area (Å²) in [4.78, 5) is 18.8. The van der Waals surface area contributed by atoms with Gasteiger partial charge >= 0.3 is 0 Å². The smallest absolute Gasteiger partial charge is 0.233 e. The van der Waals surface area contributed by atoms with E-state index in [9.17, 15) is 4.79 Å². The highest BCUT2D eigenvalue weighted by molar-refractivity contribution is 5.45. The Balaban J connectivity index is 1.49. The quantitative estimate of drug-likeness (QED) is 0.169. The first-order chi connectivity index (χ1) is 17.2. The van der Waals surface area contributed by atoms with Gasteiger partial charge in [-0.15, -0.1) is 0 Å². The molecule has 0 aromatic carbocycles. The second kappa shape index (κ2) is 11.6. The zero-order valence-corrected chi connectivity index (χ0v) is 24.4. The van der Waals surface area contributed by atoms with Crippen LogP contribution in [0.2, 0.25) is 0 Å². The predicted octanol–water partition coefficient (Wildman–Crippen LogP) is 7.75. The second-order valence-corrected chi connectivity index (χ2v) is 14.4. The van der Waals surface area contributed by atoms with Gasteiger partial charge in [-0.25, -0.2) is 5.06 Å². The summed E-state index contributed by atoms with van der Waals surface area (Å²) in [6.45, 7) is 13.9. The number of hydrogen-bond donors (Lipinski definition) is 1. The molecule has 8 atom stereocenters. The van der Waals surface area contributed by atoms with E-state index in [2.05, 4.69) is 34.6 Å². The number of hydrogen-bond acceptors (Lipinski definition) is 3. The van der Waals surface area contributed by atoms with E-state index in [0.717, 1.165) is 67.6 Å². The Kier molecular flexibility index (Phi) is 9.18. The number of carbonyl (C=O) groups excluding carboxylic acids is 1. The Morgan fingerprint density at radius 3 is 2.42 bits per heavy atom. The number of hydroxylamine groups is 2. The molecule has 1 amide bonds. The third kappa shape index (κ3) is 5.16. The van der Waals surface area contributed by atoms with Crippen LogP contribution in [0.5, 0.6) is 0 Å². The van der Waals surface area contributed by atoms with Crippen molar-refractivity contribution < 1.29 is 9.63 Å². The van der Waals surface area contributed by atoms with Gasteiger partial charge in [0, 0.05) is 12.0 Å². The number of unbranched alkanes of at least 4 members (excludes halogenated alkanes) is 1. The summed E-state index contributed by atoms with van der Waals surface area (Å²) in [6.07, 6.45) is 20.0. The normalized spacial score (nSPS) is 40.9. The average molecular weight is 503 g/mol. The largest absolute Gasteiger partial charge is 0.330 e. The number of rotatable bonds is 12. The fourth-order valence-electron chi connectivity index (χ4n) is 10.2. The maximum Gasteiger partial charge on any atom is 0.233 e. The van der Waals surface area contributed by atoms with E-state index in [4.69, 9.17) is 10.6 Å². The van der Waals surface area contributed by atoms with Gasteiger partial charge in [0.25, 0.3) is 0 Å². The van der Waals surface area contributed by atoms with Crippen LogP contribution in [0.3, 0.4) is 0 Å². The molecule has 0 aromatic rings. The van der Waals surface area contributed by atoms with Crippen molar-refractivity contribution in [3.63, 3.8) is 0 Å². The Labute approximate surface area is 222 Å². The van der Waals surface area contributed by atoms with Crippen molar-refractivity contribution >= 4 is 6.41 Å². The Bertz CT molecular complexity index is 727. The van der Waals surface area contributed by atoms with Crippen molar-refractivity contribution in [2.75, 3.05) is 13.1 Å². The maximum atomic E-state index is 12.0. The van der Waals surface area contributed by atoms with Crippen molar-refractivity contribution in [3.8, 4) is 0 Å². The Hall–Kier alpha value is -0.610. The van der Waals surface area contributed by atoms with Gasteiger partial charge in [0.05, 0.1) is 0 Å². The summed E-state index contributed by atoms with van der Waals surface area (Å²) in [6, 6.07) is 0. The molecule has 0 aromatic heterocycles. The van der Waals surface area contributed by atoms with E-state index in [-0.39, 0.29) is 11.0 Å². The van der Waals surface area contributed by atoms with Gasteiger partial charge in [-0.3, -0.25) is 9.63 Å². The fourth-order valence-corrected chi connectivity index (χ4v) is 10.2. The molecule has 4 heteroatoms. The molecule has 0 radical (unpaired) electrons. The van der Waals surface area contributed by atoms with Gasteiger partial charge < -0.3 is 5.73 Å². The summed E-state index contributed by atoms with van der Waals surface area (Å²) in [7, 11) is 0. The number of carbonyl (C=O) groups is 1. The molecule has 0 aliphatic heterocycles. The molecule has 208 valence electrons. The Morgan fingerprint density at radius 1 is 0.917 bits per heavy atom. The molecule has 1 unspecified atom stereocenters. The molecule has 36 heavy (non-hydrogen) atoms. The molecule has 4 nitrogen and oxygen atoms in total. The first-order valence-corrected chi connectivity index (χ1v) is 15.8. The topological polar surface area (TPSA) is 55.6 Å². The molecule has 0 saturated heterocycles. The molecule has 0 bridgehead atoms. The zero-order valence-electron chi connectivity index (χ0n) is 24.4. The lowest BCUT2D eigenvalue weighted by molar-refractivity contribution is -0.311. The van der Waals surface area contributed by atoms with E-state index < -0.39 is 0 Å². The average Bonchev–Trinajstić information content (AvgIpc) is 3.20. The highest BCUT2D eigenvalue weighted by atomic mass is 16.7. The van der Waals surface area contributed by atoms with Gasteiger partial charge in [-0.05, 0) is 112 Å². The summed E-state index contributed by atoms with van der Waals surface area (Å²) in [5.41, 5.74) is 6.26. The highest BCUT2D eigenvalue weighted by Gasteiger charge is 2.65. The van der Waals surface area contributed by atoms with Crippen molar-refractivity contribution in [2.24, 2.45) is 52.1 Å². The summed E-state index contributed by atoms with van der Waals surface area (Å²) < 4.78 is 0. The van der Waals surface area contributed by atoms with E-state index in [0.29, 0.717) is 18.5 Å². The van der Waals surface area contributed by atoms with Crippen LogP contribution >= 0.6 is 0 Å². The van der Waals surface area contributed by atoms with Crippen LogP contribution in [0.15, 0.2) is 0 Å². The minimum atomic E-state index is -0.161. The molecule has 2 N–H and O–H groups in total. The molecule has 4 rings (SSSR count). The molecular weight excluding hydrogens is 444 g/mol. The standard InChI is InChI=1S/C32H58N2O2/c1-24(2)11-10-12-25(3)27-13-14-28-26-15-20-32(36-34(23-35)22-9-8-21-33)18-7-6-17-31(32,5)29(26)16-19-30(27,28)4/h23-29H,6-22,33H2,1-5H3/t25-,26+,27-,28+,29+,30-,31-,32?/m1/s1. The van der Waals surface area contributed by atoms with Crippen LogP contribution in [0.1, 0.15) is 131 Å². The van der Waals surface area contributed by atoms with Crippen LogP contribution < -0.4 is 5.73 Å². The maximum absolute atomic E-state index is 12.0. The summed E-state index contributed by atoms with van der Waals surface area (Å²) in [5.74, 6) is 5.08. The molecule has 4 aliphatic rings. The van der Waals surface area contributed by atoms with Crippen LogP contribution in [0.4, 0.5) is 0 Å². The zero-order chi connectivity index (χ0) is 26.0. The lowest BCUT2D eigenvalue weighted by atomic mass is 9.43. The van der Waals surface area contributed by atoms with Gasteiger partial charge in [-0.1, -0.05) is 66.7 Å². The van der Waals surface area contributed by atoms with Crippen LogP contribution in [-0.4, -0.2) is 30.2 Å². The SMILES string of the molecule is CC(C)CCC[C@@H](C)[C@H]1CC[C@H]2[C@@H]3CCC4(ON(C=O)CCCCN)CCCC[C@]4(C)[C@H]3CC[C@]12C. The van der Waals surface area contributed by atoms with Crippen molar-refractivity contribution in [1.82, 2.24) is 5.06 Å². The molecule has 4 saturated carbocycles. The fraction of sp³-hybridized carbons (Fsp3) is 0.969. The van der Waals surface area contributed by atoms with Gasteiger partial charge in [0.1, 0.15) is 5.60 Å². The van der Waals surface area contributed by atoms with Crippen molar-refractivity contribution in [1.29, 1.82) is 0 Å². The minimum Gasteiger partial charge on any atom is -0.330 e. The van der Waals surface area contributed by atoms with E-state index >= 15 is 0 Å². The summed E-state index contributed by atoms with van der Waals surface area (Å²) in [5, 5.41) is 1.65. The van der Waals surface area contributed by atoms with Crippen molar-refractivity contribution in [2.45, 2.75) is 137 Å². The third-order valence-corrected chi connectivity index (χ3v) is 12.1. The number of amides is 1. The van der Waals surface area contributed by atoms with Gasteiger partial charge in [-0.2, -0.15) is 0 Å². The Morgan fingerprint density at radius 2 is 1.69 bits per heavy atom. The van der Waals surface area contributed by atoms with Crippen molar-refractivity contribution in [3.05, 3.63) is 0 Å². The lowest BCUT2D eigenvalue weighted by Gasteiger charge is -2.65. The monoisotopic (exact) mass is 502 g/mol. The predicted molar refractivity (Wildman–Crippen MR) is 149 cm³/mol. The van der Waals surface area contributed by atoms with E-state index in [1.165, 1.54) is 70.6 Å². The molecule has 4 fully saturated rings. The molecule has 0 heterocycles. The number of fused-ring (bicyclic) bond motifs is 5.